The van der Waals surface area contributed by atoms with Crippen LogP contribution in [0, 0.1) is 6.92 Å². The van der Waals surface area contributed by atoms with Crippen molar-refractivity contribution in [3.05, 3.63) is 51.7 Å². The van der Waals surface area contributed by atoms with E-state index < -0.39 is 22.0 Å². The molecular weight excluding hydrogens is 310 g/mol. The van der Waals surface area contributed by atoms with E-state index in [4.69, 9.17) is 5.11 Å². The number of hydrogen-bond acceptors (Lipinski definition) is 4. The number of carboxylic acid groups (broad SMARTS) is 1. The predicted molar refractivity (Wildman–Crippen MR) is 81.2 cm³/mol. The highest BCUT2D eigenvalue weighted by Crippen LogP contribution is 2.28. The lowest BCUT2D eigenvalue weighted by Crippen LogP contribution is -2.28. The number of benzene rings is 1. The Kier molecular flexibility index (Phi) is 4.46. The quantitative estimate of drug-likeness (QED) is 0.885. The Labute approximate surface area is 127 Å². The second kappa shape index (κ2) is 5.97. The number of aromatic carboxylic acids is 1. The van der Waals surface area contributed by atoms with Crippen molar-refractivity contribution in [2.75, 3.05) is 0 Å². The van der Waals surface area contributed by atoms with Crippen LogP contribution in [0.5, 0.6) is 0 Å². The summed E-state index contributed by atoms with van der Waals surface area (Å²) >= 11 is 0.915. The first-order chi connectivity index (χ1) is 9.83. The molecule has 0 unspecified atom stereocenters. The fraction of sp³-hybridized carbons (Fsp3) is 0.214. The number of rotatable bonds is 5. The van der Waals surface area contributed by atoms with Crippen LogP contribution in [-0.2, 0) is 10.0 Å². The smallest absolute Gasteiger partial charge is 0.347 e. The Morgan fingerprint density at radius 2 is 1.90 bits per heavy atom. The molecule has 0 bridgehead atoms. The van der Waals surface area contributed by atoms with E-state index in [1.54, 1.807) is 13.8 Å². The van der Waals surface area contributed by atoms with Crippen molar-refractivity contribution in [3.8, 4) is 0 Å². The van der Waals surface area contributed by atoms with Gasteiger partial charge in [-0.15, -0.1) is 11.3 Å². The van der Waals surface area contributed by atoms with Crippen molar-refractivity contribution in [3.63, 3.8) is 0 Å². The second-order valence-electron chi connectivity index (χ2n) is 4.64. The van der Waals surface area contributed by atoms with Gasteiger partial charge in [-0.3, -0.25) is 0 Å². The molecular formula is C14H15NO4S2. The van der Waals surface area contributed by atoms with Gasteiger partial charge in [-0.1, -0.05) is 30.3 Å². The van der Waals surface area contributed by atoms with Crippen LogP contribution in [0.3, 0.4) is 0 Å². The molecule has 0 saturated heterocycles. The molecule has 21 heavy (non-hydrogen) atoms. The number of sulfonamides is 1. The van der Waals surface area contributed by atoms with Gasteiger partial charge in [-0.05, 0) is 30.4 Å². The molecule has 0 saturated carbocycles. The Balaban J connectivity index is 2.36. The molecule has 5 nitrogen and oxygen atoms in total. The van der Waals surface area contributed by atoms with Gasteiger partial charge in [0.05, 0.1) is 0 Å². The normalized spacial score (nSPS) is 13.0. The van der Waals surface area contributed by atoms with Crippen LogP contribution < -0.4 is 4.72 Å². The molecule has 0 spiro atoms. The molecule has 0 aliphatic heterocycles. The van der Waals surface area contributed by atoms with E-state index in [-0.39, 0.29) is 9.77 Å². The van der Waals surface area contributed by atoms with Gasteiger partial charge >= 0.3 is 5.97 Å². The van der Waals surface area contributed by atoms with Crippen molar-refractivity contribution < 1.29 is 18.3 Å². The standard InChI is InChI=1S/C14H15NO4S2/c1-9-8-20-12(14(16)17)13(9)21(18,19)15-10(2)11-6-4-3-5-7-11/h3-8,10,15H,1-2H3,(H,16,17)/t10-/m1/s1. The van der Waals surface area contributed by atoms with Crippen LogP contribution in [0.25, 0.3) is 0 Å². The summed E-state index contributed by atoms with van der Waals surface area (Å²) < 4.78 is 27.4. The summed E-state index contributed by atoms with van der Waals surface area (Å²) in [5.74, 6) is -1.24. The number of hydrogen-bond donors (Lipinski definition) is 2. The summed E-state index contributed by atoms with van der Waals surface area (Å²) in [6, 6.07) is 8.66. The summed E-state index contributed by atoms with van der Waals surface area (Å²) in [7, 11) is -3.89. The summed E-state index contributed by atoms with van der Waals surface area (Å²) in [6.45, 7) is 3.31. The van der Waals surface area contributed by atoms with Crippen molar-refractivity contribution in [1.29, 1.82) is 0 Å². The highest BCUT2D eigenvalue weighted by Gasteiger charge is 2.28. The molecule has 1 aromatic heterocycles. The Morgan fingerprint density at radius 1 is 1.29 bits per heavy atom. The molecule has 2 N–H and O–H groups in total. The average molecular weight is 325 g/mol. The summed E-state index contributed by atoms with van der Waals surface area (Å²) in [5, 5.41) is 10.6. The Morgan fingerprint density at radius 3 is 2.48 bits per heavy atom. The van der Waals surface area contributed by atoms with Crippen LogP contribution in [0.4, 0.5) is 0 Å². The zero-order valence-electron chi connectivity index (χ0n) is 11.5. The zero-order valence-corrected chi connectivity index (χ0v) is 13.2. The highest BCUT2D eigenvalue weighted by molar-refractivity contribution is 7.89. The number of carbonyl (C=O) groups is 1. The molecule has 1 atom stereocenters. The van der Waals surface area contributed by atoms with Crippen LogP contribution in [0.15, 0.2) is 40.6 Å². The number of aryl methyl sites for hydroxylation is 1. The van der Waals surface area contributed by atoms with Gasteiger partial charge in [0.2, 0.25) is 10.0 Å². The fourth-order valence-electron chi connectivity index (χ4n) is 2.02. The highest BCUT2D eigenvalue weighted by atomic mass is 32.2. The molecule has 2 aromatic rings. The first-order valence-corrected chi connectivity index (χ1v) is 8.58. The Hall–Kier alpha value is -1.70. The van der Waals surface area contributed by atoms with E-state index in [2.05, 4.69) is 4.72 Å². The van der Waals surface area contributed by atoms with E-state index in [1.165, 1.54) is 5.38 Å². The molecule has 0 aliphatic rings. The maximum absolute atomic E-state index is 12.5. The maximum Gasteiger partial charge on any atom is 0.347 e. The summed E-state index contributed by atoms with van der Waals surface area (Å²) in [5.41, 5.74) is 1.25. The SMILES string of the molecule is Cc1csc(C(=O)O)c1S(=O)(=O)N[C@H](C)c1ccccc1. The maximum atomic E-state index is 12.5. The lowest BCUT2D eigenvalue weighted by atomic mass is 10.1. The van der Waals surface area contributed by atoms with Gasteiger partial charge in [-0.25, -0.2) is 17.9 Å². The molecule has 2 rings (SSSR count). The molecule has 1 heterocycles. The van der Waals surface area contributed by atoms with Crippen LogP contribution in [0.2, 0.25) is 0 Å². The number of nitrogens with one attached hydrogen (secondary N) is 1. The van der Waals surface area contributed by atoms with E-state index >= 15 is 0 Å². The first kappa shape index (κ1) is 15.7. The molecule has 1 aromatic carbocycles. The lowest BCUT2D eigenvalue weighted by molar-refractivity contribution is 0.0698. The lowest BCUT2D eigenvalue weighted by Gasteiger charge is -2.15. The van der Waals surface area contributed by atoms with Gasteiger partial charge in [0.1, 0.15) is 9.77 Å². The minimum atomic E-state index is -3.89. The third-order valence-corrected chi connectivity index (χ3v) is 5.95. The number of carboxylic acids is 1. The van der Waals surface area contributed by atoms with Crippen molar-refractivity contribution in [2.24, 2.45) is 0 Å². The third-order valence-electron chi connectivity index (χ3n) is 3.01. The molecule has 0 aliphatic carbocycles. The summed E-state index contributed by atoms with van der Waals surface area (Å²) in [4.78, 5) is 10.8. The average Bonchev–Trinajstić information content (AvgIpc) is 2.82. The summed E-state index contributed by atoms with van der Waals surface area (Å²) in [6.07, 6.45) is 0. The van der Waals surface area contributed by atoms with Crippen molar-refractivity contribution >= 4 is 27.3 Å². The topological polar surface area (TPSA) is 83.5 Å². The van der Waals surface area contributed by atoms with Gasteiger partial charge in [0.25, 0.3) is 0 Å². The minimum absolute atomic E-state index is 0.150. The fourth-order valence-corrected chi connectivity index (χ4v) is 4.88. The minimum Gasteiger partial charge on any atom is -0.477 e. The van der Waals surface area contributed by atoms with Gasteiger partial charge in [0, 0.05) is 6.04 Å². The van der Waals surface area contributed by atoms with Crippen LogP contribution in [0.1, 0.15) is 33.8 Å². The van der Waals surface area contributed by atoms with E-state index in [0.717, 1.165) is 16.9 Å². The van der Waals surface area contributed by atoms with Gasteiger partial charge in [-0.2, -0.15) is 0 Å². The largest absolute Gasteiger partial charge is 0.477 e. The monoisotopic (exact) mass is 325 g/mol. The molecule has 0 fully saturated rings. The molecule has 7 heteroatoms. The first-order valence-electron chi connectivity index (χ1n) is 6.21. The van der Waals surface area contributed by atoms with Crippen molar-refractivity contribution in [2.45, 2.75) is 24.8 Å². The Bertz CT molecular complexity index is 751. The molecule has 0 radical (unpaired) electrons. The van der Waals surface area contributed by atoms with Crippen molar-refractivity contribution in [1.82, 2.24) is 4.72 Å². The third kappa shape index (κ3) is 3.31. The van der Waals surface area contributed by atoms with E-state index in [9.17, 15) is 13.2 Å². The van der Waals surface area contributed by atoms with Gasteiger partial charge in [0.15, 0.2) is 0 Å². The van der Waals surface area contributed by atoms with Crippen LogP contribution in [-0.4, -0.2) is 19.5 Å². The molecule has 0 amide bonds. The zero-order chi connectivity index (χ0) is 15.6. The van der Waals surface area contributed by atoms with Gasteiger partial charge < -0.3 is 5.11 Å². The van der Waals surface area contributed by atoms with Crippen LogP contribution >= 0.6 is 11.3 Å². The predicted octanol–water partition coefficient (Wildman–Crippen LogP) is 2.79. The second-order valence-corrected chi connectivity index (χ2v) is 7.17. The van der Waals surface area contributed by atoms with E-state index in [1.807, 2.05) is 30.3 Å². The van der Waals surface area contributed by atoms with E-state index in [0.29, 0.717) is 5.56 Å². The molecule has 112 valence electrons. The number of thiophene rings is 1.